The largest absolute Gasteiger partial charge is 0.349 e. The van der Waals surface area contributed by atoms with Crippen molar-refractivity contribution in [1.82, 2.24) is 10.3 Å². The van der Waals surface area contributed by atoms with Crippen LogP contribution in [0, 0.1) is 5.92 Å². The molecule has 2 atom stereocenters. The van der Waals surface area contributed by atoms with Gasteiger partial charge in [0.15, 0.2) is 5.82 Å². The molecule has 2 N–H and O–H groups in total. The van der Waals surface area contributed by atoms with Crippen molar-refractivity contribution in [2.24, 2.45) is 11.0 Å². The SMILES string of the molecule is CC(NC(=O)c1cc(Cl)cc(Br)c1NC(=O)C1CC=NN1c1ncccc1Cl)C1CC1. The first-order valence-electron chi connectivity index (χ1n) is 9.88. The van der Waals surface area contributed by atoms with E-state index in [1.54, 1.807) is 36.7 Å². The summed E-state index contributed by atoms with van der Waals surface area (Å²) in [6.07, 6.45) is 5.82. The maximum atomic E-state index is 13.2. The summed E-state index contributed by atoms with van der Waals surface area (Å²) in [4.78, 5) is 30.4. The van der Waals surface area contributed by atoms with Gasteiger partial charge in [0.1, 0.15) is 6.04 Å². The summed E-state index contributed by atoms with van der Waals surface area (Å²) in [5.41, 5.74) is 0.649. The van der Waals surface area contributed by atoms with E-state index in [1.165, 1.54) is 5.01 Å². The molecule has 2 amide bonds. The number of aromatic nitrogens is 1. The van der Waals surface area contributed by atoms with Crippen molar-refractivity contribution in [2.45, 2.75) is 38.3 Å². The normalized spacial score (nSPS) is 18.7. The fourth-order valence-corrected chi connectivity index (χ4v) is 4.58. The Balaban J connectivity index is 1.57. The highest BCUT2D eigenvalue weighted by molar-refractivity contribution is 9.10. The average molecular weight is 525 g/mol. The highest BCUT2D eigenvalue weighted by Crippen LogP contribution is 2.35. The lowest BCUT2D eigenvalue weighted by molar-refractivity contribution is -0.117. The number of carbonyl (C=O) groups is 2. The third-order valence-corrected chi connectivity index (χ3v) is 6.46. The molecule has 0 spiro atoms. The summed E-state index contributed by atoms with van der Waals surface area (Å²) >= 11 is 15.9. The van der Waals surface area contributed by atoms with Crippen LogP contribution in [0.1, 0.15) is 36.5 Å². The number of nitrogens with one attached hydrogen (secondary N) is 2. The fourth-order valence-electron chi connectivity index (χ4n) is 3.47. The van der Waals surface area contributed by atoms with Crippen LogP contribution < -0.4 is 15.6 Å². The molecule has 0 saturated heterocycles. The molecular weight excluding hydrogens is 505 g/mol. The van der Waals surface area contributed by atoms with Crippen molar-refractivity contribution in [1.29, 1.82) is 0 Å². The Kier molecular flexibility index (Phi) is 6.50. The number of hydrogen-bond acceptors (Lipinski definition) is 5. The minimum absolute atomic E-state index is 0.0545. The predicted molar refractivity (Wildman–Crippen MR) is 126 cm³/mol. The second-order valence-corrected chi connectivity index (χ2v) is 9.30. The van der Waals surface area contributed by atoms with Crippen LogP contribution in [0.2, 0.25) is 10.0 Å². The molecule has 4 rings (SSSR count). The number of nitrogens with zero attached hydrogens (tertiary/aromatic N) is 3. The molecule has 2 heterocycles. The number of halogens is 3. The number of hydrogen-bond donors (Lipinski definition) is 2. The van der Waals surface area contributed by atoms with Crippen molar-refractivity contribution in [3.63, 3.8) is 0 Å². The van der Waals surface area contributed by atoms with Gasteiger partial charge in [-0.2, -0.15) is 5.10 Å². The molecule has 0 bridgehead atoms. The lowest BCUT2D eigenvalue weighted by Gasteiger charge is -2.24. The van der Waals surface area contributed by atoms with Gasteiger partial charge in [-0.1, -0.05) is 23.2 Å². The molecule has 7 nitrogen and oxygen atoms in total. The highest BCUT2D eigenvalue weighted by Gasteiger charge is 2.33. The number of carbonyl (C=O) groups excluding carboxylic acids is 2. The van der Waals surface area contributed by atoms with Gasteiger partial charge in [-0.3, -0.25) is 9.59 Å². The zero-order valence-corrected chi connectivity index (χ0v) is 19.7. The van der Waals surface area contributed by atoms with Crippen LogP contribution in [0.3, 0.4) is 0 Å². The second kappa shape index (κ2) is 9.14. The first-order valence-corrected chi connectivity index (χ1v) is 11.4. The van der Waals surface area contributed by atoms with Gasteiger partial charge in [-0.25, -0.2) is 9.99 Å². The van der Waals surface area contributed by atoms with Gasteiger partial charge < -0.3 is 10.6 Å². The van der Waals surface area contributed by atoms with E-state index in [0.29, 0.717) is 43.9 Å². The first-order chi connectivity index (χ1) is 14.8. The van der Waals surface area contributed by atoms with Crippen LogP contribution in [-0.4, -0.2) is 35.1 Å². The summed E-state index contributed by atoms with van der Waals surface area (Å²) in [6.45, 7) is 1.98. The van der Waals surface area contributed by atoms with Gasteiger partial charge in [-0.15, -0.1) is 0 Å². The van der Waals surface area contributed by atoms with E-state index in [4.69, 9.17) is 23.2 Å². The zero-order valence-electron chi connectivity index (χ0n) is 16.6. The number of anilines is 2. The van der Waals surface area contributed by atoms with Gasteiger partial charge in [0, 0.05) is 34.4 Å². The Labute approximate surface area is 198 Å². The highest BCUT2D eigenvalue weighted by atomic mass is 79.9. The van der Waals surface area contributed by atoms with Gasteiger partial charge in [-0.05, 0) is 65.9 Å². The molecule has 1 aliphatic carbocycles. The standard InChI is InChI=1S/C21H20BrCl2N5O2/c1-11(12-4-5-12)27-20(30)14-9-13(23)10-15(22)18(14)28-21(31)17-6-8-26-29(17)19-16(24)3-2-7-25-19/h2-3,7-12,17H,4-6H2,1H3,(H,27,30)(H,28,31). The molecule has 1 saturated carbocycles. The zero-order chi connectivity index (χ0) is 22.1. The van der Waals surface area contributed by atoms with Gasteiger partial charge in [0.2, 0.25) is 5.91 Å². The molecule has 2 aliphatic rings. The van der Waals surface area contributed by atoms with Crippen molar-refractivity contribution >= 4 is 68.7 Å². The Hall–Kier alpha value is -2.16. The molecule has 2 aromatic rings. The fraction of sp³-hybridized carbons (Fsp3) is 0.333. The number of rotatable bonds is 6. The Morgan fingerprint density at radius 2 is 2.06 bits per heavy atom. The van der Waals surface area contributed by atoms with Gasteiger partial charge >= 0.3 is 0 Å². The smallest absolute Gasteiger partial charge is 0.253 e. The third-order valence-electron chi connectivity index (χ3n) is 5.32. The van der Waals surface area contributed by atoms with E-state index in [2.05, 4.69) is 36.6 Å². The van der Waals surface area contributed by atoms with Crippen molar-refractivity contribution in [3.8, 4) is 0 Å². The summed E-state index contributed by atoms with van der Waals surface area (Å²) in [7, 11) is 0. The van der Waals surface area contributed by atoms with Crippen molar-refractivity contribution in [2.75, 3.05) is 10.3 Å². The lowest BCUT2D eigenvalue weighted by atomic mass is 10.1. The average Bonchev–Trinajstić information content (AvgIpc) is 3.47. The van der Waals surface area contributed by atoms with Crippen LogP contribution in [-0.2, 0) is 4.79 Å². The van der Waals surface area contributed by atoms with E-state index in [9.17, 15) is 9.59 Å². The van der Waals surface area contributed by atoms with E-state index in [-0.39, 0.29) is 17.9 Å². The maximum absolute atomic E-state index is 13.2. The summed E-state index contributed by atoms with van der Waals surface area (Å²) in [5, 5.41) is 12.4. The summed E-state index contributed by atoms with van der Waals surface area (Å²) < 4.78 is 0.513. The third kappa shape index (κ3) is 4.86. The number of amides is 2. The summed E-state index contributed by atoms with van der Waals surface area (Å²) in [5.74, 6) is 0.262. The minimum atomic E-state index is -0.656. The van der Waals surface area contributed by atoms with Crippen molar-refractivity contribution < 1.29 is 9.59 Å². The van der Waals surface area contributed by atoms with Crippen LogP contribution in [0.4, 0.5) is 11.5 Å². The molecule has 1 fully saturated rings. The topological polar surface area (TPSA) is 86.7 Å². The van der Waals surface area contributed by atoms with E-state index in [0.717, 1.165) is 12.8 Å². The second-order valence-electron chi connectivity index (χ2n) is 7.60. The molecule has 31 heavy (non-hydrogen) atoms. The summed E-state index contributed by atoms with van der Waals surface area (Å²) in [6, 6.07) is 5.98. The van der Waals surface area contributed by atoms with E-state index < -0.39 is 6.04 Å². The molecule has 2 unspecified atom stereocenters. The molecular formula is C21H20BrCl2N5O2. The minimum Gasteiger partial charge on any atom is -0.349 e. The molecule has 1 aliphatic heterocycles. The van der Waals surface area contributed by atoms with Crippen LogP contribution >= 0.6 is 39.1 Å². The Morgan fingerprint density at radius 3 is 2.77 bits per heavy atom. The van der Waals surface area contributed by atoms with Crippen LogP contribution in [0.25, 0.3) is 0 Å². The van der Waals surface area contributed by atoms with Gasteiger partial charge in [0.25, 0.3) is 5.91 Å². The van der Waals surface area contributed by atoms with E-state index >= 15 is 0 Å². The van der Waals surface area contributed by atoms with Crippen molar-refractivity contribution in [3.05, 3.63) is 50.5 Å². The number of pyridine rings is 1. The number of hydrazone groups is 1. The molecule has 1 aromatic heterocycles. The molecule has 10 heteroatoms. The molecule has 1 aromatic carbocycles. The predicted octanol–water partition coefficient (Wildman–Crippen LogP) is 4.88. The Bertz CT molecular complexity index is 1060. The molecule has 0 radical (unpaired) electrons. The van der Waals surface area contributed by atoms with Crippen LogP contribution in [0.5, 0.6) is 0 Å². The Morgan fingerprint density at radius 1 is 1.29 bits per heavy atom. The number of benzene rings is 1. The van der Waals surface area contributed by atoms with Gasteiger partial charge in [0.05, 0.1) is 16.3 Å². The van der Waals surface area contributed by atoms with Crippen LogP contribution in [0.15, 0.2) is 40.0 Å². The first kappa shape index (κ1) is 22.0. The maximum Gasteiger partial charge on any atom is 0.253 e. The van der Waals surface area contributed by atoms with E-state index in [1.807, 2.05) is 6.92 Å². The monoisotopic (exact) mass is 523 g/mol. The quantitative estimate of drug-likeness (QED) is 0.563. The molecule has 162 valence electrons. The lowest BCUT2D eigenvalue weighted by Crippen LogP contribution is -2.40.